The predicted molar refractivity (Wildman–Crippen MR) is 64.8 cm³/mol. The van der Waals surface area contributed by atoms with Gasteiger partial charge in [-0.3, -0.25) is 4.57 Å². The lowest BCUT2D eigenvalue weighted by molar-refractivity contribution is 0.0631. The second kappa shape index (κ2) is 5.96. The number of aliphatic hydroxyl groups is 1. The van der Waals surface area contributed by atoms with Crippen molar-refractivity contribution in [1.82, 2.24) is 9.55 Å². The van der Waals surface area contributed by atoms with Crippen molar-refractivity contribution in [2.24, 2.45) is 0 Å². The number of aliphatic hydroxyl groups excluding tert-OH is 1. The number of benzene rings is 1. The Morgan fingerprint density at radius 1 is 1.40 bits per heavy atom. The van der Waals surface area contributed by atoms with Gasteiger partial charge >= 0.3 is 6.55 Å². The van der Waals surface area contributed by atoms with E-state index >= 15 is 0 Å². The molecule has 0 bridgehead atoms. The summed E-state index contributed by atoms with van der Waals surface area (Å²) in [6.07, 6.45) is 1.55. The fourth-order valence-corrected chi connectivity index (χ4v) is 1.67. The molecule has 2 aromatic rings. The van der Waals surface area contributed by atoms with Crippen LogP contribution in [0, 0.1) is 5.82 Å². The van der Waals surface area contributed by atoms with Gasteiger partial charge in [0.25, 0.3) is 0 Å². The Morgan fingerprint density at radius 2 is 2.15 bits per heavy atom. The molecule has 20 heavy (non-hydrogen) atoms. The molecular weight excluding hydrogens is 273 g/mol. The molecule has 0 saturated heterocycles. The van der Waals surface area contributed by atoms with Crippen LogP contribution in [0.5, 0.6) is 5.75 Å². The Hall–Kier alpha value is -2.02. The zero-order valence-electron chi connectivity index (χ0n) is 10.6. The molecule has 1 atom stereocenters. The van der Waals surface area contributed by atoms with Crippen LogP contribution in [-0.4, -0.2) is 14.7 Å². The maximum Gasteiger partial charge on any atom is 0.320 e. The first-order chi connectivity index (χ1) is 9.49. The highest BCUT2D eigenvalue weighted by molar-refractivity contribution is 5.30. The van der Waals surface area contributed by atoms with Gasteiger partial charge in [0.15, 0.2) is 17.4 Å². The van der Waals surface area contributed by atoms with E-state index in [0.717, 1.165) is 12.3 Å². The zero-order chi connectivity index (χ0) is 14.7. The van der Waals surface area contributed by atoms with Crippen LogP contribution in [0.3, 0.4) is 0 Å². The van der Waals surface area contributed by atoms with Crippen LogP contribution >= 0.6 is 0 Å². The summed E-state index contributed by atoms with van der Waals surface area (Å²) < 4.78 is 44.6. The first-order valence-corrected chi connectivity index (χ1v) is 5.89. The second-order valence-electron chi connectivity index (χ2n) is 4.18. The third-order valence-electron chi connectivity index (χ3n) is 2.75. The van der Waals surface area contributed by atoms with E-state index < -0.39 is 18.5 Å². The molecule has 0 radical (unpaired) electrons. The van der Waals surface area contributed by atoms with E-state index in [9.17, 15) is 18.3 Å². The fourth-order valence-electron chi connectivity index (χ4n) is 1.67. The van der Waals surface area contributed by atoms with Crippen molar-refractivity contribution in [3.63, 3.8) is 0 Å². The summed E-state index contributed by atoms with van der Waals surface area (Å²) in [5, 5.41) is 9.31. The SMILES string of the molecule is C[C@@H](O)c1ccc(OCc2nccn2C(F)F)c(F)c1. The Labute approximate surface area is 113 Å². The predicted octanol–water partition coefficient (Wildman–Crippen LogP) is 3.05. The van der Waals surface area contributed by atoms with Crippen molar-refractivity contribution >= 4 is 0 Å². The van der Waals surface area contributed by atoms with E-state index in [1.807, 2.05) is 0 Å². The van der Waals surface area contributed by atoms with Crippen molar-refractivity contribution in [2.75, 3.05) is 0 Å². The van der Waals surface area contributed by atoms with Crippen molar-refractivity contribution in [3.05, 3.63) is 47.8 Å². The Kier molecular flexibility index (Phi) is 4.29. The van der Waals surface area contributed by atoms with E-state index in [2.05, 4.69) is 4.98 Å². The third kappa shape index (κ3) is 3.11. The molecule has 1 heterocycles. The quantitative estimate of drug-likeness (QED) is 0.919. The fraction of sp³-hybridized carbons (Fsp3) is 0.308. The molecule has 7 heteroatoms. The van der Waals surface area contributed by atoms with Crippen LogP contribution in [0.1, 0.15) is 31.0 Å². The molecule has 108 valence electrons. The Morgan fingerprint density at radius 3 is 2.75 bits per heavy atom. The molecule has 0 amide bonds. The largest absolute Gasteiger partial charge is 0.483 e. The molecule has 0 unspecified atom stereocenters. The summed E-state index contributed by atoms with van der Waals surface area (Å²) in [7, 11) is 0. The van der Waals surface area contributed by atoms with Crippen LogP contribution in [0.2, 0.25) is 0 Å². The molecule has 0 saturated carbocycles. The maximum atomic E-state index is 13.7. The molecule has 2 rings (SSSR count). The van der Waals surface area contributed by atoms with Crippen LogP contribution in [0.15, 0.2) is 30.6 Å². The molecule has 0 aliphatic heterocycles. The highest BCUT2D eigenvalue weighted by Crippen LogP contribution is 2.23. The van der Waals surface area contributed by atoms with Gasteiger partial charge in [0.2, 0.25) is 0 Å². The minimum atomic E-state index is -2.72. The van der Waals surface area contributed by atoms with Gasteiger partial charge < -0.3 is 9.84 Å². The number of hydrogen-bond acceptors (Lipinski definition) is 3. The molecule has 1 aromatic heterocycles. The van der Waals surface area contributed by atoms with Crippen LogP contribution < -0.4 is 4.74 Å². The average molecular weight is 286 g/mol. The van der Waals surface area contributed by atoms with Gasteiger partial charge in [-0.1, -0.05) is 6.07 Å². The molecule has 0 aliphatic carbocycles. The first kappa shape index (κ1) is 14.4. The van der Waals surface area contributed by atoms with Gasteiger partial charge in [-0.2, -0.15) is 8.78 Å². The van der Waals surface area contributed by atoms with Crippen molar-refractivity contribution in [1.29, 1.82) is 0 Å². The van der Waals surface area contributed by atoms with Gasteiger partial charge in [-0.15, -0.1) is 0 Å². The molecule has 0 spiro atoms. The average Bonchev–Trinajstić information content (AvgIpc) is 2.85. The molecule has 0 aliphatic rings. The van der Waals surface area contributed by atoms with E-state index in [0.29, 0.717) is 10.1 Å². The van der Waals surface area contributed by atoms with E-state index in [1.54, 1.807) is 0 Å². The normalized spacial score (nSPS) is 12.7. The smallest absolute Gasteiger partial charge is 0.320 e. The lowest BCUT2D eigenvalue weighted by atomic mass is 10.1. The number of hydrogen-bond donors (Lipinski definition) is 1. The zero-order valence-corrected chi connectivity index (χ0v) is 10.6. The van der Waals surface area contributed by atoms with Crippen molar-refractivity contribution in [2.45, 2.75) is 26.2 Å². The van der Waals surface area contributed by atoms with Gasteiger partial charge in [0.05, 0.1) is 6.10 Å². The minimum absolute atomic E-state index is 0.000923. The number of halogens is 3. The Bertz CT molecular complexity index is 585. The summed E-state index contributed by atoms with van der Waals surface area (Å²) in [5.41, 5.74) is 0.406. The third-order valence-corrected chi connectivity index (χ3v) is 2.75. The van der Waals surface area contributed by atoms with Crippen LogP contribution in [-0.2, 0) is 6.61 Å². The maximum absolute atomic E-state index is 13.7. The van der Waals surface area contributed by atoms with Crippen LogP contribution in [0.25, 0.3) is 0 Å². The summed E-state index contributed by atoms with van der Waals surface area (Å²) in [5.74, 6) is -0.754. The van der Waals surface area contributed by atoms with Gasteiger partial charge in [0.1, 0.15) is 6.61 Å². The number of ether oxygens (including phenoxy) is 1. The molecule has 4 nitrogen and oxygen atoms in total. The number of imidazole rings is 1. The second-order valence-corrected chi connectivity index (χ2v) is 4.18. The number of rotatable bonds is 5. The van der Waals surface area contributed by atoms with E-state index in [-0.39, 0.29) is 18.2 Å². The standard InChI is InChI=1S/C13H13F3N2O2/c1-8(19)9-2-3-11(10(14)6-9)20-7-12-17-4-5-18(12)13(15)16/h2-6,8,13,19H,7H2,1H3/t8-/m1/s1. The summed E-state index contributed by atoms with van der Waals surface area (Å²) in [6, 6.07) is 3.98. The van der Waals surface area contributed by atoms with E-state index in [4.69, 9.17) is 4.74 Å². The lowest BCUT2D eigenvalue weighted by Crippen LogP contribution is -2.08. The summed E-state index contributed by atoms with van der Waals surface area (Å²) >= 11 is 0. The minimum Gasteiger partial charge on any atom is -0.483 e. The molecule has 1 aromatic carbocycles. The number of nitrogens with zero attached hydrogens (tertiary/aromatic N) is 2. The highest BCUT2D eigenvalue weighted by atomic mass is 19.3. The first-order valence-electron chi connectivity index (χ1n) is 5.89. The van der Waals surface area contributed by atoms with Gasteiger partial charge in [-0.25, -0.2) is 9.37 Å². The lowest BCUT2D eigenvalue weighted by Gasteiger charge is -2.11. The summed E-state index contributed by atoms with van der Waals surface area (Å²) in [6.45, 7) is -1.49. The topological polar surface area (TPSA) is 47.3 Å². The summed E-state index contributed by atoms with van der Waals surface area (Å²) in [4.78, 5) is 3.72. The highest BCUT2D eigenvalue weighted by Gasteiger charge is 2.13. The molecular formula is C13H13F3N2O2. The van der Waals surface area contributed by atoms with Gasteiger partial charge in [-0.05, 0) is 24.6 Å². The number of alkyl halides is 2. The molecule has 1 N–H and O–H groups in total. The van der Waals surface area contributed by atoms with Crippen molar-refractivity contribution < 1.29 is 23.0 Å². The van der Waals surface area contributed by atoms with E-state index in [1.165, 1.54) is 25.3 Å². The monoisotopic (exact) mass is 286 g/mol. The van der Waals surface area contributed by atoms with Crippen molar-refractivity contribution in [3.8, 4) is 5.75 Å². The molecule has 0 fully saturated rings. The van der Waals surface area contributed by atoms with Gasteiger partial charge in [0, 0.05) is 12.4 Å². The number of aromatic nitrogens is 2. The Balaban J connectivity index is 2.09. The van der Waals surface area contributed by atoms with Crippen LogP contribution in [0.4, 0.5) is 13.2 Å².